The molecule has 0 unspecified atom stereocenters. The molecule has 0 aliphatic heterocycles. The molecule has 15 heavy (non-hydrogen) atoms. The number of nitrogens with zero attached hydrogens (tertiary/aromatic N) is 1. The number of carbonyl (C=O) groups excluding carboxylic acids is 1. The second kappa shape index (κ2) is 4.24. The fourth-order valence-electron chi connectivity index (χ4n) is 1.21. The third kappa shape index (κ3) is 2.01. The predicted molar refractivity (Wildman–Crippen MR) is 60.8 cm³/mol. The van der Waals surface area contributed by atoms with E-state index in [9.17, 15) is 4.79 Å². The van der Waals surface area contributed by atoms with E-state index in [4.69, 9.17) is 16.0 Å². The summed E-state index contributed by atoms with van der Waals surface area (Å²) in [5.41, 5.74) is 1.30. The first-order valence-corrected chi connectivity index (χ1v) is 6.04. The molecule has 0 amide bonds. The minimum absolute atomic E-state index is 0.0817. The first-order chi connectivity index (χ1) is 7.24. The van der Waals surface area contributed by atoms with Crippen molar-refractivity contribution in [3.05, 3.63) is 24.1 Å². The van der Waals surface area contributed by atoms with Crippen molar-refractivity contribution in [2.75, 3.05) is 12.1 Å². The van der Waals surface area contributed by atoms with E-state index in [0.717, 1.165) is 4.90 Å². The maximum Gasteiger partial charge on any atom is 0.265 e. The third-order valence-corrected chi connectivity index (χ3v) is 2.92. The molecule has 0 aliphatic carbocycles. The van der Waals surface area contributed by atoms with Gasteiger partial charge in [0.05, 0.1) is 5.88 Å². The highest BCUT2D eigenvalue weighted by molar-refractivity contribution is 7.98. The standard InChI is InChI=1S/C10H8ClNO2S/c1-15-6-2-3-7-9(4-6)14-10(12-7)8(13)5-11/h2-4H,5H2,1H3. The van der Waals surface area contributed by atoms with Crippen LogP contribution in [0.2, 0.25) is 0 Å². The van der Waals surface area contributed by atoms with E-state index in [1.54, 1.807) is 11.8 Å². The van der Waals surface area contributed by atoms with Crippen molar-refractivity contribution < 1.29 is 9.21 Å². The molecule has 0 spiro atoms. The second-order valence-electron chi connectivity index (χ2n) is 2.91. The summed E-state index contributed by atoms with van der Waals surface area (Å²) in [5.74, 6) is -0.320. The zero-order valence-electron chi connectivity index (χ0n) is 7.99. The molecule has 0 bridgehead atoms. The van der Waals surface area contributed by atoms with Crippen LogP contribution in [0.5, 0.6) is 0 Å². The molecule has 1 aromatic heterocycles. The average Bonchev–Trinajstić information content (AvgIpc) is 2.70. The quantitative estimate of drug-likeness (QED) is 0.471. The Hall–Kier alpha value is -1.00. The second-order valence-corrected chi connectivity index (χ2v) is 4.06. The van der Waals surface area contributed by atoms with Crippen LogP contribution in [0.25, 0.3) is 11.1 Å². The van der Waals surface area contributed by atoms with E-state index in [1.165, 1.54) is 0 Å². The van der Waals surface area contributed by atoms with Gasteiger partial charge in [0.25, 0.3) is 5.89 Å². The molecule has 0 fully saturated rings. The van der Waals surface area contributed by atoms with Gasteiger partial charge in [-0.15, -0.1) is 23.4 Å². The van der Waals surface area contributed by atoms with Gasteiger partial charge in [0, 0.05) is 4.90 Å². The van der Waals surface area contributed by atoms with Gasteiger partial charge in [0.1, 0.15) is 5.52 Å². The van der Waals surface area contributed by atoms with Crippen LogP contribution >= 0.6 is 23.4 Å². The third-order valence-electron chi connectivity index (χ3n) is 1.96. The number of hydrogen-bond donors (Lipinski definition) is 0. The van der Waals surface area contributed by atoms with E-state index in [2.05, 4.69) is 4.98 Å². The summed E-state index contributed by atoms with van der Waals surface area (Å²) in [6, 6.07) is 5.62. The van der Waals surface area contributed by atoms with Crippen LogP contribution in [-0.4, -0.2) is 22.9 Å². The predicted octanol–water partition coefficient (Wildman–Crippen LogP) is 2.97. The molecule has 2 aromatic rings. The van der Waals surface area contributed by atoms with Crippen molar-refractivity contribution in [2.45, 2.75) is 4.90 Å². The summed E-state index contributed by atoms with van der Waals surface area (Å²) in [6.07, 6.45) is 1.97. The van der Waals surface area contributed by atoms with Crippen LogP contribution in [0.4, 0.5) is 0 Å². The molecule has 0 aliphatic rings. The SMILES string of the molecule is CSc1ccc2nc(C(=O)CCl)oc2c1. The number of rotatable bonds is 3. The van der Waals surface area contributed by atoms with E-state index in [-0.39, 0.29) is 17.6 Å². The molecule has 3 nitrogen and oxygen atoms in total. The lowest BCUT2D eigenvalue weighted by Crippen LogP contribution is -1.99. The lowest BCUT2D eigenvalue weighted by Gasteiger charge is -1.92. The lowest BCUT2D eigenvalue weighted by atomic mass is 10.3. The molecule has 2 rings (SSSR count). The van der Waals surface area contributed by atoms with Crippen molar-refractivity contribution in [1.29, 1.82) is 0 Å². The van der Waals surface area contributed by atoms with Crippen molar-refractivity contribution in [3.8, 4) is 0 Å². The Morgan fingerprint density at radius 1 is 1.60 bits per heavy atom. The summed E-state index contributed by atoms with van der Waals surface area (Å²) in [6.45, 7) is 0. The van der Waals surface area contributed by atoms with Crippen molar-refractivity contribution in [1.82, 2.24) is 4.98 Å². The largest absolute Gasteiger partial charge is 0.434 e. The topological polar surface area (TPSA) is 43.1 Å². The molecule has 5 heteroatoms. The number of Topliss-reactive ketones (excluding diaryl/α,β-unsaturated/α-hetero) is 1. The highest BCUT2D eigenvalue weighted by Crippen LogP contribution is 2.22. The highest BCUT2D eigenvalue weighted by Gasteiger charge is 2.12. The number of ketones is 1. The molecule has 0 N–H and O–H groups in total. The van der Waals surface area contributed by atoms with Gasteiger partial charge < -0.3 is 4.42 Å². The molecule has 1 aromatic carbocycles. The molecule has 0 saturated heterocycles. The van der Waals surface area contributed by atoms with Crippen LogP contribution < -0.4 is 0 Å². The van der Waals surface area contributed by atoms with Crippen LogP contribution in [0, 0.1) is 0 Å². The summed E-state index contributed by atoms with van der Waals surface area (Å²) in [4.78, 5) is 16.4. The fourth-order valence-corrected chi connectivity index (χ4v) is 1.75. The fraction of sp³-hybridized carbons (Fsp3) is 0.200. The number of oxazole rings is 1. The minimum atomic E-state index is -0.293. The average molecular weight is 242 g/mol. The summed E-state index contributed by atoms with van der Waals surface area (Å²) in [7, 11) is 0. The highest BCUT2D eigenvalue weighted by atomic mass is 35.5. The van der Waals surface area contributed by atoms with Gasteiger partial charge >= 0.3 is 0 Å². The Balaban J connectivity index is 2.51. The van der Waals surface area contributed by atoms with Crippen LogP contribution in [0.15, 0.2) is 27.5 Å². The molecular weight excluding hydrogens is 234 g/mol. The van der Waals surface area contributed by atoms with Crippen LogP contribution in [-0.2, 0) is 0 Å². The first kappa shape index (κ1) is 10.5. The van der Waals surface area contributed by atoms with E-state index >= 15 is 0 Å². The lowest BCUT2D eigenvalue weighted by molar-refractivity contribution is 0.0986. The Labute approximate surface area is 95.8 Å². The smallest absolute Gasteiger partial charge is 0.265 e. The molecule has 0 saturated carbocycles. The van der Waals surface area contributed by atoms with Gasteiger partial charge in [0.15, 0.2) is 5.58 Å². The summed E-state index contributed by atoms with van der Waals surface area (Å²) >= 11 is 7.03. The van der Waals surface area contributed by atoms with E-state index in [1.807, 2.05) is 24.5 Å². The Morgan fingerprint density at radius 2 is 2.40 bits per heavy atom. The zero-order valence-corrected chi connectivity index (χ0v) is 9.56. The van der Waals surface area contributed by atoms with Crippen LogP contribution in [0.1, 0.15) is 10.7 Å². The van der Waals surface area contributed by atoms with Gasteiger partial charge in [-0.25, -0.2) is 4.98 Å². The Kier molecular flexibility index (Phi) is 2.98. The maximum atomic E-state index is 11.2. The number of halogens is 1. The number of hydrogen-bond acceptors (Lipinski definition) is 4. The van der Waals surface area contributed by atoms with Crippen molar-refractivity contribution in [2.24, 2.45) is 0 Å². The molecular formula is C10H8ClNO2S. The minimum Gasteiger partial charge on any atom is -0.434 e. The summed E-state index contributed by atoms with van der Waals surface area (Å²) in [5, 5.41) is 0. The van der Waals surface area contributed by atoms with Gasteiger partial charge in [-0.05, 0) is 24.5 Å². The van der Waals surface area contributed by atoms with Gasteiger partial charge in [-0.2, -0.15) is 0 Å². The normalized spacial score (nSPS) is 10.8. The van der Waals surface area contributed by atoms with Crippen LogP contribution in [0.3, 0.4) is 0 Å². The number of carbonyl (C=O) groups is 1. The molecule has 1 heterocycles. The number of thioether (sulfide) groups is 1. The van der Waals surface area contributed by atoms with E-state index in [0.29, 0.717) is 11.1 Å². The Morgan fingerprint density at radius 3 is 3.07 bits per heavy atom. The van der Waals surface area contributed by atoms with Gasteiger partial charge in [0.2, 0.25) is 5.78 Å². The molecule has 0 radical (unpaired) electrons. The maximum absolute atomic E-state index is 11.2. The first-order valence-electron chi connectivity index (χ1n) is 4.28. The zero-order chi connectivity index (χ0) is 10.8. The Bertz CT molecular complexity index is 509. The van der Waals surface area contributed by atoms with Gasteiger partial charge in [-0.3, -0.25) is 4.79 Å². The summed E-state index contributed by atoms with van der Waals surface area (Å²) < 4.78 is 5.30. The molecule has 78 valence electrons. The monoisotopic (exact) mass is 241 g/mol. The van der Waals surface area contributed by atoms with Gasteiger partial charge in [-0.1, -0.05) is 0 Å². The number of fused-ring (bicyclic) bond motifs is 1. The number of benzene rings is 1. The number of alkyl halides is 1. The molecule has 0 atom stereocenters. The van der Waals surface area contributed by atoms with E-state index < -0.39 is 0 Å². The number of aromatic nitrogens is 1. The van der Waals surface area contributed by atoms with Crippen molar-refractivity contribution in [3.63, 3.8) is 0 Å². The van der Waals surface area contributed by atoms with Crippen molar-refractivity contribution >= 4 is 40.2 Å².